The van der Waals surface area contributed by atoms with E-state index in [4.69, 9.17) is 4.74 Å². The molecule has 0 saturated heterocycles. The predicted molar refractivity (Wildman–Crippen MR) is 74.9 cm³/mol. The maximum absolute atomic E-state index is 5.64. The van der Waals surface area contributed by atoms with Gasteiger partial charge in [-0.2, -0.15) is 4.98 Å². The van der Waals surface area contributed by atoms with Gasteiger partial charge in [0.15, 0.2) is 0 Å². The van der Waals surface area contributed by atoms with Crippen LogP contribution in [0.3, 0.4) is 0 Å². The molecule has 90 valence electrons. The number of halogens is 1. The smallest absolute Gasteiger partial charge is 0.279 e. The van der Waals surface area contributed by atoms with Gasteiger partial charge in [0.05, 0.1) is 0 Å². The van der Waals surface area contributed by atoms with Crippen molar-refractivity contribution in [3.05, 3.63) is 39.8 Å². The lowest BCUT2D eigenvalue weighted by molar-refractivity contribution is 0.478. The molecule has 0 aliphatic carbocycles. The first-order valence-corrected chi connectivity index (χ1v) is 7.33. The number of benzene rings is 1. The summed E-state index contributed by atoms with van der Waals surface area (Å²) in [5.74, 6) is 0.840. The monoisotopic (exact) mass is 311 g/mol. The molecule has 4 heteroatoms. The van der Waals surface area contributed by atoms with E-state index in [1.54, 1.807) is 0 Å². The van der Waals surface area contributed by atoms with Crippen LogP contribution in [0.5, 0.6) is 10.9 Å². The van der Waals surface area contributed by atoms with Gasteiger partial charge in [0.25, 0.3) is 5.19 Å². The summed E-state index contributed by atoms with van der Waals surface area (Å²) in [6.45, 7) is 2.21. The van der Waals surface area contributed by atoms with Gasteiger partial charge in [0, 0.05) is 5.38 Å². The molecule has 0 spiro atoms. The summed E-state index contributed by atoms with van der Waals surface area (Å²) in [6.07, 6.45) is 3.60. The highest BCUT2D eigenvalue weighted by Crippen LogP contribution is 2.27. The molecule has 0 unspecified atom stereocenters. The minimum atomic E-state index is 0.665. The van der Waals surface area contributed by atoms with Gasteiger partial charge >= 0.3 is 0 Å². The van der Waals surface area contributed by atoms with Crippen molar-refractivity contribution < 1.29 is 4.74 Å². The number of unbranched alkanes of at least 4 members (excludes halogenated alkanes) is 1. The Hall–Kier alpha value is -0.870. The van der Waals surface area contributed by atoms with Crippen LogP contribution in [0, 0.1) is 0 Å². The highest BCUT2D eigenvalue weighted by atomic mass is 79.9. The molecule has 0 aliphatic rings. The Balaban J connectivity index is 1.98. The van der Waals surface area contributed by atoms with Crippen LogP contribution < -0.4 is 4.74 Å². The van der Waals surface area contributed by atoms with Gasteiger partial charge in [-0.15, -0.1) is 0 Å². The second-order valence-corrected chi connectivity index (χ2v) is 5.42. The number of hydrogen-bond donors (Lipinski definition) is 0. The summed E-state index contributed by atoms with van der Waals surface area (Å²) in [4.78, 5) is 4.19. The first-order valence-electron chi connectivity index (χ1n) is 5.65. The molecular weight excluding hydrogens is 298 g/mol. The van der Waals surface area contributed by atoms with Crippen molar-refractivity contribution >= 4 is 27.3 Å². The van der Waals surface area contributed by atoms with E-state index in [0.29, 0.717) is 5.19 Å². The summed E-state index contributed by atoms with van der Waals surface area (Å²) in [7, 11) is 0. The Morgan fingerprint density at radius 3 is 2.65 bits per heavy atom. The number of aromatic nitrogens is 1. The lowest BCUT2D eigenvalue weighted by Crippen LogP contribution is -1.86. The van der Waals surface area contributed by atoms with E-state index in [1.165, 1.54) is 29.7 Å². The number of aryl methyl sites for hydroxylation is 1. The van der Waals surface area contributed by atoms with Crippen LogP contribution in [0.25, 0.3) is 0 Å². The SMILES string of the molecule is CCCCc1ccc(Oc2nc(Br)cs2)cc1. The van der Waals surface area contributed by atoms with Crippen molar-refractivity contribution in [1.29, 1.82) is 0 Å². The van der Waals surface area contributed by atoms with Crippen molar-refractivity contribution in [2.45, 2.75) is 26.2 Å². The fourth-order valence-corrected chi connectivity index (χ4v) is 2.60. The molecule has 1 aromatic carbocycles. The molecule has 2 aromatic rings. The van der Waals surface area contributed by atoms with Crippen molar-refractivity contribution in [1.82, 2.24) is 4.98 Å². The first kappa shape index (κ1) is 12.6. The van der Waals surface area contributed by atoms with Crippen molar-refractivity contribution in [3.63, 3.8) is 0 Å². The molecule has 0 atom stereocenters. The summed E-state index contributed by atoms with van der Waals surface area (Å²) in [5, 5.41) is 2.57. The zero-order chi connectivity index (χ0) is 12.1. The highest BCUT2D eigenvalue weighted by Gasteiger charge is 2.02. The third-order valence-electron chi connectivity index (χ3n) is 2.40. The van der Waals surface area contributed by atoms with Crippen molar-refractivity contribution in [2.75, 3.05) is 0 Å². The fraction of sp³-hybridized carbons (Fsp3) is 0.308. The second-order valence-electron chi connectivity index (χ2n) is 3.79. The highest BCUT2D eigenvalue weighted by molar-refractivity contribution is 9.10. The molecule has 0 fully saturated rings. The molecule has 0 radical (unpaired) electrons. The summed E-state index contributed by atoms with van der Waals surface area (Å²) < 4.78 is 6.45. The Labute approximate surface area is 114 Å². The van der Waals surface area contributed by atoms with Crippen molar-refractivity contribution in [2.24, 2.45) is 0 Å². The molecule has 0 N–H and O–H groups in total. The molecule has 0 amide bonds. The van der Waals surface area contributed by atoms with Crippen LogP contribution in [0.2, 0.25) is 0 Å². The van der Waals surface area contributed by atoms with Crippen LogP contribution in [0.4, 0.5) is 0 Å². The average Bonchev–Trinajstić information content (AvgIpc) is 2.74. The lowest BCUT2D eigenvalue weighted by Gasteiger charge is -2.03. The van der Waals surface area contributed by atoms with Crippen LogP contribution >= 0.6 is 27.3 Å². The maximum atomic E-state index is 5.64. The topological polar surface area (TPSA) is 22.1 Å². The summed E-state index contributed by atoms with van der Waals surface area (Å²) in [6, 6.07) is 8.24. The molecular formula is C13H14BrNOS. The van der Waals surface area contributed by atoms with Gasteiger partial charge in [0.2, 0.25) is 0 Å². The molecule has 0 bridgehead atoms. The third kappa shape index (κ3) is 3.82. The van der Waals surface area contributed by atoms with E-state index >= 15 is 0 Å². The number of hydrogen-bond acceptors (Lipinski definition) is 3. The van der Waals surface area contributed by atoms with E-state index in [9.17, 15) is 0 Å². The number of nitrogens with zero attached hydrogens (tertiary/aromatic N) is 1. The third-order valence-corrected chi connectivity index (χ3v) is 3.83. The predicted octanol–water partition coefficient (Wildman–Crippen LogP) is 5.04. The average molecular weight is 312 g/mol. The van der Waals surface area contributed by atoms with Gasteiger partial charge in [-0.1, -0.05) is 36.8 Å². The maximum Gasteiger partial charge on any atom is 0.279 e. The summed E-state index contributed by atoms with van der Waals surface area (Å²) >= 11 is 4.79. The van der Waals surface area contributed by atoms with Crippen LogP contribution in [-0.4, -0.2) is 4.98 Å². The van der Waals surface area contributed by atoms with Gasteiger partial charge in [-0.05, 0) is 46.5 Å². The molecule has 17 heavy (non-hydrogen) atoms. The Morgan fingerprint density at radius 2 is 2.06 bits per heavy atom. The largest absolute Gasteiger partial charge is 0.431 e. The second kappa shape index (κ2) is 6.17. The van der Waals surface area contributed by atoms with Gasteiger partial charge in [-0.3, -0.25) is 0 Å². The van der Waals surface area contributed by atoms with E-state index in [0.717, 1.165) is 16.8 Å². The molecule has 1 heterocycles. The zero-order valence-electron chi connectivity index (χ0n) is 9.65. The molecule has 2 nitrogen and oxygen atoms in total. The standard InChI is InChI=1S/C13H14BrNOS/c1-2-3-4-10-5-7-11(8-6-10)16-13-15-12(14)9-17-13/h5-9H,2-4H2,1H3. The van der Waals surface area contributed by atoms with E-state index in [2.05, 4.69) is 40.0 Å². The van der Waals surface area contributed by atoms with Crippen molar-refractivity contribution in [3.8, 4) is 10.9 Å². The Morgan fingerprint density at radius 1 is 1.29 bits per heavy atom. The van der Waals surface area contributed by atoms with Gasteiger partial charge < -0.3 is 4.74 Å². The minimum Gasteiger partial charge on any atom is -0.431 e. The van der Waals surface area contributed by atoms with Gasteiger partial charge in [-0.25, -0.2) is 0 Å². The van der Waals surface area contributed by atoms with Gasteiger partial charge in [0.1, 0.15) is 10.4 Å². The molecule has 1 aromatic heterocycles. The van der Waals surface area contributed by atoms with Crippen LogP contribution in [0.1, 0.15) is 25.3 Å². The molecule has 0 saturated carbocycles. The first-order chi connectivity index (χ1) is 8.28. The van der Waals surface area contributed by atoms with E-state index in [1.807, 2.05) is 17.5 Å². The summed E-state index contributed by atoms with van der Waals surface area (Å²) in [5.41, 5.74) is 1.36. The fourth-order valence-electron chi connectivity index (χ4n) is 1.49. The Kier molecular flexibility index (Phi) is 4.57. The number of rotatable bonds is 5. The number of ether oxygens (including phenoxy) is 1. The van der Waals surface area contributed by atoms with E-state index in [-0.39, 0.29) is 0 Å². The van der Waals surface area contributed by atoms with E-state index < -0.39 is 0 Å². The zero-order valence-corrected chi connectivity index (χ0v) is 12.1. The quantitative estimate of drug-likeness (QED) is 0.771. The Bertz CT molecular complexity index is 467. The normalized spacial score (nSPS) is 10.5. The van der Waals surface area contributed by atoms with Crippen LogP contribution in [0.15, 0.2) is 34.2 Å². The molecule has 2 rings (SSSR count). The molecule has 0 aliphatic heterocycles. The minimum absolute atomic E-state index is 0.665. The van der Waals surface area contributed by atoms with Crippen LogP contribution in [-0.2, 0) is 6.42 Å². The lowest BCUT2D eigenvalue weighted by atomic mass is 10.1. The number of thiazole rings is 1.